The summed E-state index contributed by atoms with van der Waals surface area (Å²) in [6.07, 6.45) is 2.63. The van der Waals surface area contributed by atoms with Crippen molar-refractivity contribution < 1.29 is 9.53 Å². The number of nitrogens with one attached hydrogen (secondary N) is 1. The third kappa shape index (κ3) is 4.18. The van der Waals surface area contributed by atoms with Gasteiger partial charge in [0.2, 0.25) is 5.91 Å². The Balaban J connectivity index is 1.71. The molecule has 0 bridgehead atoms. The number of amides is 1. The third-order valence-corrected chi connectivity index (χ3v) is 3.23. The molecule has 0 aromatic carbocycles. The largest absolute Gasteiger partial charge is 0.375 e. The van der Waals surface area contributed by atoms with E-state index < -0.39 is 0 Å². The molecule has 0 radical (unpaired) electrons. The normalized spacial score (nSPS) is 25.1. The fraction of sp³-hybridized carbons (Fsp3) is 0.833. The van der Waals surface area contributed by atoms with Gasteiger partial charge in [-0.05, 0) is 25.7 Å². The van der Waals surface area contributed by atoms with Crippen molar-refractivity contribution in [3.8, 4) is 0 Å². The topological polar surface area (TPSA) is 80.0 Å². The van der Waals surface area contributed by atoms with Crippen molar-refractivity contribution >= 4 is 11.9 Å². The molecule has 0 spiro atoms. The van der Waals surface area contributed by atoms with Crippen molar-refractivity contribution in [2.24, 2.45) is 16.6 Å². The highest BCUT2D eigenvalue weighted by atomic mass is 16.5. The van der Waals surface area contributed by atoms with Gasteiger partial charge in [0, 0.05) is 19.6 Å². The lowest BCUT2D eigenvalue weighted by Gasteiger charge is -2.31. The van der Waals surface area contributed by atoms with Crippen LogP contribution < -0.4 is 11.1 Å². The maximum absolute atomic E-state index is 11.5. The van der Waals surface area contributed by atoms with E-state index in [9.17, 15) is 4.79 Å². The second-order valence-corrected chi connectivity index (χ2v) is 5.05. The lowest BCUT2D eigenvalue weighted by Crippen LogP contribution is -2.48. The molecule has 2 rings (SSSR count). The van der Waals surface area contributed by atoms with Crippen LogP contribution in [0.3, 0.4) is 0 Å². The van der Waals surface area contributed by atoms with Crippen LogP contribution in [0.5, 0.6) is 0 Å². The van der Waals surface area contributed by atoms with Crippen molar-refractivity contribution in [2.45, 2.75) is 25.9 Å². The number of rotatable bonds is 4. The number of hydrogen-bond acceptors (Lipinski definition) is 3. The first kappa shape index (κ1) is 13.1. The molecule has 1 atom stereocenters. The number of morpholine rings is 1. The molecule has 1 aliphatic carbocycles. The Kier molecular flexibility index (Phi) is 4.41. The summed E-state index contributed by atoms with van der Waals surface area (Å²) in [6.45, 7) is 5.03. The van der Waals surface area contributed by atoms with E-state index in [0.29, 0.717) is 18.5 Å². The zero-order valence-corrected chi connectivity index (χ0v) is 10.9. The molecule has 2 aliphatic rings. The van der Waals surface area contributed by atoms with Gasteiger partial charge in [0.15, 0.2) is 5.96 Å². The van der Waals surface area contributed by atoms with Gasteiger partial charge in [-0.2, -0.15) is 0 Å². The highest BCUT2D eigenvalue weighted by molar-refractivity contribution is 5.84. The molecular weight excluding hydrogens is 232 g/mol. The molecule has 3 N–H and O–H groups in total. The smallest absolute Gasteiger partial charge is 0.241 e. The minimum absolute atomic E-state index is 0.0499. The molecule has 2 fully saturated rings. The van der Waals surface area contributed by atoms with E-state index >= 15 is 0 Å². The molecular formula is C12H22N4O2. The molecule has 1 aliphatic heterocycles. The van der Waals surface area contributed by atoms with Gasteiger partial charge >= 0.3 is 0 Å². The Morgan fingerprint density at radius 2 is 2.33 bits per heavy atom. The summed E-state index contributed by atoms with van der Waals surface area (Å²) in [6, 6.07) is 0. The minimum atomic E-state index is -0.0499. The van der Waals surface area contributed by atoms with E-state index in [1.807, 2.05) is 11.8 Å². The number of nitrogens with zero attached hydrogens (tertiary/aromatic N) is 2. The molecule has 1 heterocycles. The number of hydrogen-bond donors (Lipinski definition) is 2. The first-order valence-electron chi connectivity index (χ1n) is 6.58. The number of guanidine groups is 1. The molecule has 1 saturated heterocycles. The van der Waals surface area contributed by atoms with Crippen LogP contribution in [0.4, 0.5) is 0 Å². The van der Waals surface area contributed by atoms with Gasteiger partial charge in [0.05, 0.1) is 12.7 Å². The van der Waals surface area contributed by atoms with E-state index in [4.69, 9.17) is 10.5 Å². The average molecular weight is 254 g/mol. The van der Waals surface area contributed by atoms with Crippen LogP contribution in [-0.2, 0) is 9.53 Å². The van der Waals surface area contributed by atoms with Gasteiger partial charge in [-0.15, -0.1) is 0 Å². The van der Waals surface area contributed by atoms with Crippen LogP contribution >= 0.6 is 0 Å². The maximum atomic E-state index is 11.5. The summed E-state index contributed by atoms with van der Waals surface area (Å²) in [5.41, 5.74) is 5.87. The summed E-state index contributed by atoms with van der Waals surface area (Å²) >= 11 is 0. The van der Waals surface area contributed by atoms with Crippen LogP contribution in [0, 0.1) is 5.92 Å². The predicted octanol–water partition coefficient (Wildman–Crippen LogP) is -0.452. The molecule has 102 valence electrons. The van der Waals surface area contributed by atoms with Gasteiger partial charge in [-0.3, -0.25) is 4.79 Å². The monoisotopic (exact) mass is 254 g/mol. The summed E-state index contributed by atoms with van der Waals surface area (Å²) in [4.78, 5) is 17.6. The van der Waals surface area contributed by atoms with Gasteiger partial charge in [-0.1, -0.05) is 0 Å². The van der Waals surface area contributed by atoms with Crippen LogP contribution in [0.1, 0.15) is 19.8 Å². The number of aliphatic imine (C=N–C) groups is 1. The highest BCUT2D eigenvalue weighted by Crippen LogP contribution is 2.27. The number of ether oxygens (including phenoxy) is 1. The standard InChI is InChI=1S/C12H22N4O2/c1-9-8-16(4-5-18-9)12(13)15-7-11(17)14-6-10-2-3-10/h9-10H,2-8H2,1H3,(H2,13,15)(H,14,17). The molecule has 1 saturated carbocycles. The van der Waals surface area contributed by atoms with Crippen LogP contribution in [0.15, 0.2) is 4.99 Å². The first-order valence-corrected chi connectivity index (χ1v) is 6.58. The van der Waals surface area contributed by atoms with Gasteiger partial charge in [0.1, 0.15) is 6.54 Å². The third-order valence-electron chi connectivity index (χ3n) is 3.23. The van der Waals surface area contributed by atoms with Crippen LogP contribution in [-0.4, -0.2) is 55.7 Å². The predicted molar refractivity (Wildman–Crippen MR) is 69.2 cm³/mol. The fourth-order valence-electron chi connectivity index (χ4n) is 1.92. The van der Waals surface area contributed by atoms with Crippen molar-refractivity contribution in [3.63, 3.8) is 0 Å². The van der Waals surface area contributed by atoms with E-state index in [-0.39, 0.29) is 18.6 Å². The fourth-order valence-corrected chi connectivity index (χ4v) is 1.92. The van der Waals surface area contributed by atoms with E-state index in [0.717, 1.165) is 19.6 Å². The van der Waals surface area contributed by atoms with Crippen molar-refractivity contribution in [3.05, 3.63) is 0 Å². The molecule has 1 amide bonds. The minimum Gasteiger partial charge on any atom is -0.375 e. The highest BCUT2D eigenvalue weighted by Gasteiger charge is 2.21. The zero-order valence-electron chi connectivity index (χ0n) is 10.9. The second-order valence-electron chi connectivity index (χ2n) is 5.05. The Morgan fingerprint density at radius 3 is 3.00 bits per heavy atom. The number of carbonyl (C=O) groups excluding carboxylic acids is 1. The molecule has 6 nitrogen and oxygen atoms in total. The molecule has 0 aromatic heterocycles. The first-order chi connectivity index (χ1) is 8.65. The maximum Gasteiger partial charge on any atom is 0.241 e. The van der Waals surface area contributed by atoms with Crippen LogP contribution in [0.25, 0.3) is 0 Å². The Bertz CT molecular complexity index is 328. The quantitative estimate of drug-likeness (QED) is 0.526. The Hall–Kier alpha value is -1.30. The summed E-state index contributed by atoms with van der Waals surface area (Å²) in [7, 11) is 0. The van der Waals surface area contributed by atoms with Crippen molar-refractivity contribution in [1.29, 1.82) is 0 Å². The summed E-state index contributed by atoms with van der Waals surface area (Å²) < 4.78 is 5.42. The second kappa shape index (κ2) is 6.04. The Labute approximate surface area is 108 Å². The van der Waals surface area contributed by atoms with E-state index in [1.165, 1.54) is 12.8 Å². The summed E-state index contributed by atoms with van der Waals surface area (Å²) in [5, 5.41) is 2.87. The Morgan fingerprint density at radius 1 is 1.56 bits per heavy atom. The summed E-state index contributed by atoms with van der Waals surface area (Å²) in [5.74, 6) is 1.08. The molecule has 6 heteroatoms. The zero-order chi connectivity index (χ0) is 13.0. The van der Waals surface area contributed by atoms with E-state index in [2.05, 4.69) is 10.3 Å². The van der Waals surface area contributed by atoms with Crippen LogP contribution in [0.2, 0.25) is 0 Å². The van der Waals surface area contributed by atoms with Gasteiger partial charge < -0.3 is 20.7 Å². The molecule has 0 aromatic rings. The number of nitrogens with two attached hydrogens (primary N) is 1. The average Bonchev–Trinajstić information content (AvgIpc) is 3.17. The molecule has 1 unspecified atom stereocenters. The van der Waals surface area contributed by atoms with Gasteiger partial charge in [-0.25, -0.2) is 4.99 Å². The lowest BCUT2D eigenvalue weighted by atomic mass is 10.3. The molecule has 18 heavy (non-hydrogen) atoms. The van der Waals surface area contributed by atoms with Crippen molar-refractivity contribution in [2.75, 3.05) is 32.8 Å². The van der Waals surface area contributed by atoms with E-state index in [1.54, 1.807) is 0 Å². The number of carbonyl (C=O) groups is 1. The SMILES string of the molecule is CC1CN(C(N)=NCC(=O)NCC2CC2)CCO1. The van der Waals surface area contributed by atoms with Gasteiger partial charge in [0.25, 0.3) is 0 Å². The van der Waals surface area contributed by atoms with Crippen molar-refractivity contribution in [1.82, 2.24) is 10.2 Å². The lowest BCUT2D eigenvalue weighted by molar-refractivity contribution is -0.119.